The number of nitrogens with two attached hydrogens (primary N) is 1. The van der Waals surface area contributed by atoms with Gasteiger partial charge < -0.3 is 21.0 Å². The van der Waals surface area contributed by atoms with Crippen molar-refractivity contribution in [1.82, 2.24) is 0 Å². The molecular formula is C14H21N3O2. The van der Waals surface area contributed by atoms with Crippen molar-refractivity contribution < 1.29 is 9.94 Å². The molecule has 104 valence electrons. The first kappa shape index (κ1) is 13.5. The van der Waals surface area contributed by atoms with Crippen LogP contribution in [0.15, 0.2) is 29.4 Å². The monoisotopic (exact) mass is 263 g/mol. The molecule has 0 bridgehead atoms. The van der Waals surface area contributed by atoms with E-state index >= 15 is 0 Å². The first-order chi connectivity index (χ1) is 9.17. The highest BCUT2D eigenvalue weighted by Crippen LogP contribution is 2.48. The molecule has 0 saturated heterocycles. The van der Waals surface area contributed by atoms with Crippen LogP contribution in [0.25, 0.3) is 0 Å². The highest BCUT2D eigenvalue weighted by Gasteiger charge is 2.43. The van der Waals surface area contributed by atoms with Crippen LogP contribution in [0.3, 0.4) is 0 Å². The number of nitrogens with zero attached hydrogens (tertiary/aromatic N) is 1. The molecule has 19 heavy (non-hydrogen) atoms. The van der Waals surface area contributed by atoms with Crippen LogP contribution in [-0.4, -0.2) is 24.2 Å². The van der Waals surface area contributed by atoms with Gasteiger partial charge in [0, 0.05) is 24.7 Å². The average Bonchev–Trinajstić information content (AvgIpc) is 3.17. The third-order valence-corrected chi connectivity index (χ3v) is 3.45. The summed E-state index contributed by atoms with van der Waals surface area (Å²) >= 11 is 0. The zero-order chi connectivity index (χ0) is 13.7. The summed E-state index contributed by atoms with van der Waals surface area (Å²) < 4.78 is 5.46. The molecule has 0 atom stereocenters. The quantitative estimate of drug-likeness (QED) is 0.305. The van der Waals surface area contributed by atoms with E-state index < -0.39 is 0 Å². The third kappa shape index (κ3) is 3.77. The normalized spacial score (nSPS) is 17.0. The summed E-state index contributed by atoms with van der Waals surface area (Å²) in [6.07, 6.45) is 2.87. The summed E-state index contributed by atoms with van der Waals surface area (Å²) in [5.74, 6) is 1.18. The standard InChI is InChI=1S/C14H21N3O2/c1-2-19-12-5-3-4-11(8-12)16-10-14(6-7-14)9-13(15)17-18/h3-5,8,16,18H,2,6-7,9-10H2,1H3,(H2,15,17). The van der Waals surface area contributed by atoms with Gasteiger partial charge in [0.2, 0.25) is 0 Å². The highest BCUT2D eigenvalue weighted by molar-refractivity contribution is 5.80. The second-order valence-corrected chi connectivity index (χ2v) is 5.08. The van der Waals surface area contributed by atoms with Crippen LogP contribution in [0.1, 0.15) is 26.2 Å². The Morgan fingerprint density at radius 3 is 2.95 bits per heavy atom. The summed E-state index contributed by atoms with van der Waals surface area (Å²) in [7, 11) is 0. The third-order valence-electron chi connectivity index (χ3n) is 3.45. The maximum Gasteiger partial charge on any atom is 0.139 e. The molecule has 1 aliphatic rings. The number of ether oxygens (including phenoxy) is 1. The van der Waals surface area contributed by atoms with Crippen LogP contribution in [0.2, 0.25) is 0 Å². The first-order valence-electron chi connectivity index (χ1n) is 6.60. The Bertz CT molecular complexity index is 456. The van der Waals surface area contributed by atoms with Gasteiger partial charge >= 0.3 is 0 Å². The van der Waals surface area contributed by atoms with Crippen LogP contribution >= 0.6 is 0 Å². The van der Waals surface area contributed by atoms with Crippen LogP contribution in [-0.2, 0) is 0 Å². The lowest BCUT2D eigenvalue weighted by atomic mass is 10.0. The van der Waals surface area contributed by atoms with Gasteiger partial charge in [0.1, 0.15) is 11.6 Å². The lowest BCUT2D eigenvalue weighted by Crippen LogP contribution is -2.23. The Balaban J connectivity index is 1.90. The van der Waals surface area contributed by atoms with E-state index in [0.29, 0.717) is 18.9 Å². The smallest absolute Gasteiger partial charge is 0.139 e. The Morgan fingerprint density at radius 2 is 2.32 bits per heavy atom. The molecule has 2 rings (SSSR count). The molecule has 0 heterocycles. The fourth-order valence-corrected chi connectivity index (χ4v) is 2.16. The number of hydrogen-bond donors (Lipinski definition) is 3. The Morgan fingerprint density at radius 1 is 1.53 bits per heavy atom. The Hall–Kier alpha value is -1.91. The topological polar surface area (TPSA) is 79.9 Å². The minimum Gasteiger partial charge on any atom is -0.494 e. The number of rotatable bonds is 7. The van der Waals surface area contributed by atoms with Crippen molar-refractivity contribution in [2.24, 2.45) is 16.3 Å². The SMILES string of the molecule is CCOc1cccc(NCC2(CC(N)=NO)CC2)c1. The Labute approximate surface area is 113 Å². The summed E-state index contributed by atoms with van der Waals surface area (Å²) in [4.78, 5) is 0. The van der Waals surface area contributed by atoms with Crippen molar-refractivity contribution >= 4 is 11.5 Å². The molecule has 0 spiro atoms. The van der Waals surface area contributed by atoms with Gasteiger partial charge in [-0.1, -0.05) is 11.2 Å². The first-order valence-corrected chi connectivity index (χ1v) is 6.60. The molecule has 0 unspecified atom stereocenters. The maximum atomic E-state index is 8.63. The van der Waals surface area contributed by atoms with Crippen molar-refractivity contribution in [2.45, 2.75) is 26.2 Å². The zero-order valence-electron chi connectivity index (χ0n) is 11.2. The largest absolute Gasteiger partial charge is 0.494 e. The van der Waals surface area contributed by atoms with E-state index in [9.17, 15) is 0 Å². The van der Waals surface area contributed by atoms with Gasteiger partial charge in [-0.2, -0.15) is 0 Å². The highest BCUT2D eigenvalue weighted by atomic mass is 16.5. The molecule has 1 aromatic rings. The van der Waals surface area contributed by atoms with E-state index in [0.717, 1.165) is 30.8 Å². The average molecular weight is 263 g/mol. The molecule has 5 heteroatoms. The van der Waals surface area contributed by atoms with Gasteiger partial charge in [-0.3, -0.25) is 0 Å². The van der Waals surface area contributed by atoms with Gasteiger partial charge in [-0.05, 0) is 37.3 Å². The van der Waals surface area contributed by atoms with Gasteiger partial charge in [0.15, 0.2) is 0 Å². The zero-order valence-corrected chi connectivity index (χ0v) is 11.2. The van der Waals surface area contributed by atoms with E-state index in [1.54, 1.807) is 0 Å². The van der Waals surface area contributed by atoms with Crippen molar-refractivity contribution in [3.05, 3.63) is 24.3 Å². The van der Waals surface area contributed by atoms with Crippen molar-refractivity contribution in [1.29, 1.82) is 0 Å². The molecular weight excluding hydrogens is 242 g/mol. The summed E-state index contributed by atoms with van der Waals surface area (Å²) in [6.45, 7) is 3.46. The molecule has 0 aromatic heterocycles. The predicted octanol–water partition coefficient (Wildman–Crippen LogP) is 2.41. The van der Waals surface area contributed by atoms with Gasteiger partial charge in [-0.15, -0.1) is 0 Å². The minimum absolute atomic E-state index is 0.151. The van der Waals surface area contributed by atoms with Gasteiger partial charge in [0.05, 0.1) is 6.61 Å². The van der Waals surface area contributed by atoms with E-state index in [-0.39, 0.29) is 5.41 Å². The second kappa shape index (κ2) is 5.82. The fourth-order valence-electron chi connectivity index (χ4n) is 2.16. The van der Waals surface area contributed by atoms with Crippen molar-refractivity contribution in [3.8, 4) is 5.75 Å². The Kier molecular flexibility index (Phi) is 4.14. The lowest BCUT2D eigenvalue weighted by molar-refractivity contribution is 0.315. The maximum absolute atomic E-state index is 8.63. The molecule has 1 fully saturated rings. The molecule has 0 radical (unpaired) electrons. The molecule has 1 aliphatic carbocycles. The predicted molar refractivity (Wildman–Crippen MR) is 75.8 cm³/mol. The van der Waals surface area contributed by atoms with Crippen molar-refractivity contribution in [3.63, 3.8) is 0 Å². The summed E-state index contributed by atoms with van der Waals surface area (Å²) in [5, 5.41) is 15.1. The van der Waals surface area contributed by atoms with E-state index in [2.05, 4.69) is 10.5 Å². The van der Waals surface area contributed by atoms with Crippen LogP contribution in [0.5, 0.6) is 5.75 Å². The fraction of sp³-hybridized carbons (Fsp3) is 0.500. The summed E-state index contributed by atoms with van der Waals surface area (Å²) in [6, 6.07) is 7.92. The van der Waals surface area contributed by atoms with Gasteiger partial charge in [-0.25, -0.2) is 0 Å². The number of hydrogen-bond acceptors (Lipinski definition) is 4. The van der Waals surface area contributed by atoms with Crippen molar-refractivity contribution in [2.75, 3.05) is 18.5 Å². The van der Waals surface area contributed by atoms with Crippen LogP contribution < -0.4 is 15.8 Å². The van der Waals surface area contributed by atoms with Gasteiger partial charge in [0.25, 0.3) is 0 Å². The van der Waals surface area contributed by atoms with E-state index in [1.165, 1.54) is 0 Å². The van der Waals surface area contributed by atoms with E-state index in [1.807, 2.05) is 31.2 Å². The molecule has 4 N–H and O–H groups in total. The number of amidine groups is 1. The molecule has 1 aromatic carbocycles. The van der Waals surface area contributed by atoms with Crippen LogP contribution in [0.4, 0.5) is 5.69 Å². The molecule has 5 nitrogen and oxygen atoms in total. The number of benzene rings is 1. The van der Waals surface area contributed by atoms with Crippen LogP contribution in [0, 0.1) is 5.41 Å². The summed E-state index contributed by atoms with van der Waals surface area (Å²) in [5.41, 5.74) is 6.77. The molecule has 0 amide bonds. The number of nitrogens with one attached hydrogen (secondary N) is 1. The minimum atomic E-state index is 0.151. The van der Waals surface area contributed by atoms with E-state index in [4.69, 9.17) is 15.7 Å². The number of anilines is 1. The second-order valence-electron chi connectivity index (χ2n) is 5.08. The molecule has 0 aliphatic heterocycles. The molecule has 1 saturated carbocycles. The number of oxime groups is 1. The lowest BCUT2D eigenvalue weighted by Gasteiger charge is -2.16.